The zero-order chi connectivity index (χ0) is 29.8. The molecule has 0 spiro atoms. The highest BCUT2D eigenvalue weighted by Crippen LogP contribution is 2.24. The second-order valence-electron chi connectivity index (χ2n) is 11.6. The number of hydrogen-bond donors (Lipinski definition) is 0. The van der Waals surface area contributed by atoms with Gasteiger partial charge < -0.3 is 9.47 Å². The van der Waals surface area contributed by atoms with Gasteiger partial charge in [-0.3, -0.25) is 0 Å². The van der Waals surface area contributed by atoms with Gasteiger partial charge in [-0.25, -0.2) is 9.59 Å². The van der Waals surface area contributed by atoms with Crippen molar-refractivity contribution in [1.29, 1.82) is 0 Å². The highest BCUT2D eigenvalue weighted by Gasteiger charge is 2.29. The number of carbonyl (C=O) groups excluding carboxylic acids is 2. The van der Waals surface area contributed by atoms with Crippen molar-refractivity contribution >= 4 is 32.2 Å². The molecule has 0 fully saturated rings. The van der Waals surface area contributed by atoms with Crippen molar-refractivity contribution in [2.45, 2.75) is 78.4 Å². The number of hydrogen-bond acceptors (Lipinski definition) is 9. The van der Waals surface area contributed by atoms with E-state index in [1.165, 1.54) is 12.1 Å². The lowest BCUT2D eigenvalue weighted by Gasteiger charge is -2.20. The van der Waals surface area contributed by atoms with Gasteiger partial charge in [0.05, 0.1) is 22.6 Å². The van der Waals surface area contributed by atoms with Gasteiger partial charge in [-0.1, -0.05) is 38.1 Å². The van der Waals surface area contributed by atoms with E-state index in [0.717, 1.165) is 0 Å². The van der Waals surface area contributed by atoms with Crippen LogP contribution in [0.5, 0.6) is 0 Å². The van der Waals surface area contributed by atoms with Crippen LogP contribution in [-0.2, 0) is 33.3 Å². The predicted octanol–water partition coefficient (Wildman–Crippen LogP) is 5.18. The summed E-state index contributed by atoms with van der Waals surface area (Å²) in [5, 5.41) is 0. The maximum absolute atomic E-state index is 12.7. The van der Waals surface area contributed by atoms with Crippen molar-refractivity contribution in [3.05, 3.63) is 70.8 Å². The Bertz CT molecular complexity index is 1290. The third-order valence-electron chi connectivity index (χ3n) is 5.30. The van der Waals surface area contributed by atoms with E-state index >= 15 is 0 Å². The molecule has 0 saturated carbocycles. The predicted molar refractivity (Wildman–Crippen MR) is 149 cm³/mol. The zero-order valence-corrected chi connectivity index (χ0v) is 25.3. The molecule has 39 heavy (non-hydrogen) atoms. The Morgan fingerprint density at radius 2 is 1.00 bits per heavy atom. The summed E-state index contributed by atoms with van der Waals surface area (Å²) in [6.07, 6.45) is 0. The van der Waals surface area contributed by atoms with Crippen LogP contribution in [0.15, 0.2) is 48.5 Å². The monoisotopic (exact) mass is 582 g/mol. The fourth-order valence-electron chi connectivity index (χ4n) is 3.64. The molecule has 2 aromatic rings. The van der Waals surface area contributed by atoms with Gasteiger partial charge >= 0.3 is 11.9 Å². The number of rotatable bonds is 10. The SMILES string of the molecule is C[C@@H](CS(=O)(=O)OS(=O)(=O)C[C@H](C)c1cccc(C(=O)OC(C)(C)C)c1)c1cccc(C(=O)OC(C)(C)C)c1. The van der Waals surface area contributed by atoms with E-state index in [9.17, 15) is 26.4 Å². The maximum atomic E-state index is 12.7. The van der Waals surface area contributed by atoms with Crippen LogP contribution in [-0.4, -0.2) is 51.5 Å². The molecule has 0 bridgehead atoms. The highest BCUT2D eigenvalue weighted by atomic mass is 32.3. The Morgan fingerprint density at radius 1 is 0.667 bits per heavy atom. The molecule has 9 nitrogen and oxygen atoms in total. The topological polar surface area (TPSA) is 130 Å². The molecule has 0 N–H and O–H groups in total. The van der Waals surface area contributed by atoms with Crippen molar-refractivity contribution in [2.75, 3.05) is 11.5 Å². The van der Waals surface area contributed by atoms with E-state index in [4.69, 9.17) is 9.47 Å². The fraction of sp³-hybridized carbons (Fsp3) is 0.500. The number of benzene rings is 2. The Hall–Kier alpha value is -2.76. The standard InChI is InChI=1S/C28H38O9S2/c1-19(21-11-9-13-23(15-21)25(29)35-27(3,4)5)17-38(31,32)37-39(33,34)18-20(2)22-12-10-14-24(16-22)26(30)36-28(6,7)8/h9-16,19-20H,17-18H2,1-8H3/t19-,20-/m0/s1. The van der Waals surface area contributed by atoms with Gasteiger partial charge in [0.1, 0.15) is 11.2 Å². The van der Waals surface area contributed by atoms with Gasteiger partial charge in [-0.15, -0.1) is 3.63 Å². The summed E-state index contributed by atoms with van der Waals surface area (Å²) in [6.45, 7) is 13.6. The largest absolute Gasteiger partial charge is 0.456 e. The van der Waals surface area contributed by atoms with E-state index in [1.807, 2.05) is 0 Å². The average Bonchev–Trinajstić information content (AvgIpc) is 2.75. The Kier molecular flexibility index (Phi) is 10.1. The molecule has 11 heteroatoms. The summed E-state index contributed by atoms with van der Waals surface area (Å²) in [7, 11) is -8.99. The zero-order valence-electron chi connectivity index (χ0n) is 23.7. The molecule has 0 unspecified atom stereocenters. The molecule has 2 aromatic carbocycles. The summed E-state index contributed by atoms with van der Waals surface area (Å²) in [4.78, 5) is 24.8. The third-order valence-corrected chi connectivity index (χ3v) is 8.77. The lowest BCUT2D eigenvalue weighted by Crippen LogP contribution is -2.25. The molecule has 0 aromatic heterocycles. The van der Waals surface area contributed by atoms with Crippen LogP contribution in [0.2, 0.25) is 0 Å². The van der Waals surface area contributed by atoms with Crippen molar-refractivity contribution in [3.63, 3.8) is 0 Å². The van der Waals surface area contributed by atoms with Crippen LogP contribution in [0.3, 0.4) is 0 Å². The lowest BCUT2D eigenvalue weighted by atomic mass is 10.0. The minimum absolute atomic E-state index is 0.252. The average molecular weight is 583 g/mol. The highest BCUT2D eigenvalue weighted by molar-refractivity contribution is 7.99. The summed E-state index contributed by atoms with van der Waals surface area (Å²) >= 11 is 0. The van der Waals surface area contributed by atoms with E-state index in [2.05, 4.69) is 3.63 Å². The summed E-state index contributed by atoms with van der Waals surface area (Å²) in [5.41, 5.74) is 0.132. The minimum atomic E-state index is -4.50. The van der Waals surface area contributed by atoms with Crippen LogP contribution >= 0.6 is 0 Å². The molecular weight excluding hydrogens is 544 g/mol. The van der Waals surface area contributed by atoms with E-state index in [0.29, 0.717) is 11.1 Å². The maximum Gasteiger partial charge on any atom is 0.338 e. The number of esters is 2. The van der Waals surface area contributed by atoms with Gasteiger partial charge in [0, 0.05) is 0 Å². The molecule has 216 valence electrons. The van der Waals surface area contributed by atoms with E-state index in [-0.39, 0.29) is 11.1 Å². The first-order chi connectivity index (χ1) is 17.7. The van der Waals surface area contributed by atoms with Crippen molar-refractivity contribution in [2.24, 2.45) is 0 Å². The molecule has 0 aliphatic carbocycles. The molecule has 0 saturated heterocycles. The Labute approximate surface area is 232 Å². The summed E-state index contributed by atoms with van der Waals surface area (Å²) < 4.78 is 66.1. The minimum Gasteiger partial charge on any atom is -0.456 e. The van der Waals surface area contributed by atoms with E-state index < -0.39 is 66.7 Å². The first-order valence-electron chi connectivity index (χ1n) is 12.5. The van der Waals surface area contributed by atoms with Crippen molar-refractivity contribution < 1.29 is 39.5 Å². The van der Waals surface area contributed by atoms with Crippen molar-refractivity contribution in [1.82, 2.24) is 0 Å². The van der Waals surface area contributed by atoms with Crippen molar-refractivity contribution in [3.8, 4) is 0 Å². The summed E-state index contributed by atoms with van der Waals surface area (Å²) in [5.74, 6) is -3.68. The first-order valence-corrected chi connectivity index (χ1v) is 15.6. The van der Waals surface area contributed by atoms with Crippen LogP contribution in [0.4, 0.5) is 0 Å². The second-order valence-corrected chi connectivity index (χ2v) is 15.0. The van der Waals surface area contributed by atoms with Crippen LogP contribution in [0, 0.1) is 0 Å². The molecule has 0 aliphatic heterocycles. The van der Waals surface area contributed by atoms with Crippen LogP contribution < -0.4 is 0 Å². The van der Waals surface area contributed by atoms with Gasteiger partial charge in [-0.2, -0.15) is 16.8 Å². The normalized spacial score (nSPS) is 14.4. The molecule has 2 atom stereocenters. The van der Waals surface area contributed by atoms with Gasteiger partial charge in [0.15, 0.2) is 0 Å². The molecule has 0 aliphatic rings. The third kappa shape index (κ3) is 11.1. The number of ether oxygens (including phenoxy) is 2. The number of carbonyl (C=O) groups is 2. The molecular formula is C28H38O9S2. The quantitative estimate of drug-likeness (QED) is 0.348. The lowest BCUT2D eigenvalue weighted by molar-refractivity contribution is 0.00569. The van der Waals surface area contributed by atoms with E-state index in [1.54, 1.807) is 91.8 Å². The Balaban J connectivity index is 2.10. The summed E-state index contributed by atoms with van der Waals surface area (Å²) in [6, 6.07) is 12.6. The van der Waals surface area contributed by atoms with Crippen LogP contribution in [0.1, 0.15) is 99.1 Å². The molecule has 2 rings (SSSR count). The first kappa shape index (κ1) is 32.5. The fourth-order valence-corrected chi connectivity index (χ4v) is 6.95. The smallest absolute Gasteiger partial charge is 0.338 e. The molecule has 0 radical (unpaired) electrons. The molecule has 0 amide bonds. The van der Waals surface area contributed by atoms with Gasteiger partial charge in [0.25, 0.3) is 20.2 Å². The van der Waals surface area contributed by atoms with Gasteiger partial charge in [0.2, 0.25) is 0 Å². The Morgan fingerprint density at radius 3 is 1.31 bits per heavy atom. The second kappa shape index (κ2) is 12.2. The van der Waals surface area contributed by atoms with Gasteiger partial charge in [-0.05, 0) is 88.8 Å². The molecule has 0 heterocycles. The van der Waals surface area contributed by atoms with Crippen LogP contribution in [0.25, 0.3) is 0 Å².